The summed E-state index contributed by atoms with van der Waals surface area (Å²) < 4.78 is 11.5. The Morgan fingerprint density at radius 3 is 2.45 bits per heavy atom. The van der Waals surface area contributed by atoms with Gasteiger partial charge in [0.1, 0.15) is 18.0 Å². The minimum Gasteiger partial charge on any atom is -0.488 e. The molecule has 0 radical (unpaired) electrons. The van der Waals surface area contributed by atoms with E-state index in [2.05, 4.69) is 10.2 Å². The van der Waals surface area contributed by atoms with Gasteiger partial charge in [-0.1, -0.05) is 18.2 Å². The highest BCUT2D eigenvalue weighted by molar-refractivity contribution is 5.79. The lowest BCUT2D eigenvalue weighted by molar-refractivity contribution is -0.129. The van der Waals surface area contributed by atoms with Crippen molar-refractivity contribution in [3.63, 3.8) is 0 Å². The third-order valence-corrected chi connectivity index (χ3v) is 6.50. The van der Waals surface area contributed by atoms with Crippen LogP contribution in [0, 0.1) is 5.92 Å². The van der Waals surface area contributed by atoms with Crippen LogP contribution in [0.4, 0.5) is 0 Å². The largest absolute Gasteiger partial charge is 0.488 e. The zero-order valence-electron chi connectivity index (χ0n) is 16.8. The number of hydrogen-bond donors (Lipinski definition) is 3. The standard InChI is InChI=1S/C22H32N2O5/c25-16-6-10-24(11-7-16)20-18(23-22(27)15-8-12-28-13-9-15)14-19(21(20)26)29-17-4-2-1-3-5-17/h1-5,15-16,18-21,25-26H,6-14H2,(H,23,27)/t18-,19-,20+,21+/m1/s1. The van der Waals surface area contributed by atoms with Crippen LogP contribution in [0.15, 0.2) is 30.3 Å². The van der Waals surface area contributed by atoms with E-state index in [1.807, 2.05) is 30.3 Å². The van der Waals surface area contributed by atoms with Gasteiger partial charge in [-0.15, -0.1) is 0 Å². The van der Waals surface area contributed by atoms with Crippen LogP contribution in [-0.4, -0.2) is 77.7 Å². The summed E-state index contributed by atoms with van der Waals surface area (Å²) in [7, 11) is 0. The first kappa shape index (κ1) is 20.6. The molecule has 4 atom stereocenters. The minimum absolute atomic E-state index is 0.0289. The third kappa shape index (κ3) is 4.91. The predicted molar refractivity (Wildman–Crippen MR) is 108 cm³/mol. The van der Waals surface area contributed by atoms with Crippen molar-refractivity contribution >= 4 is 5.91 Å². The smallest absolute Gasteiger partial charge is 0.223 e. The van der Waals surface area contributed by atoms with Crippen molar-refractivity contribution in [1.29, 1.82) is 0 Å². The Labute approximate surface area is 172 Å². The summed E-state index contributed by atoms with van der Waals surface area (Å²) in [4.78, 5) is 15.1. The summed E-state index contributed by atoms with van der Waals surface area (Å²) in [5.74, 6) is 0.743. The number of carbonyl (C=O) groups excluding carboxylic acids is 1. The summed E-state index contributed by atoms with van der Waals surface area (Å²) in [6.07, 6.45) is 2.06. The van der Waals surface area contributed by atoms with E-state index >= 15 is 0 Å². The molecule has 2 heterocycles. The van der Waals surface area contributed by atoms with E-state index in [0.717, 1.165) is 18.6 Å². The topological polar surface area (TPSA) is 91.3 Å². The first-order valence-electron chi connectivity index (χ1n) is 10.8. The lowest BCUT2D eigenvalue weighted by Crippen LogP contribution is -2.56. The Bertz CT molecular complexity index is 658. The summed E-state index contributed by atoms with van der Waals surface area (Å²) in [6, 6.07) is 9.12. The monoisotopic (exact) mass is 404 g/mol. The molecule has 1 amide bonds. The van der Waals surface area contributed by atoms with E-state index in [1.165, 1.54) is 0 Å². The zero-order valence-corrected chi connectivity index (χ0v) is 16.8. The molecule has 2 aliphatic heterocycles. The van der Waals surface area contributed by atoms with Gasteiger partial charge in [-0.25, -0.2) is 0 Å². The van der Waals surface area contributed by atoms with Gasteiger partial charge in [0.15, 0.2) is 0 Å². The summed E-state index contributed by atoms with van der Waals surface area (Å²) in [5.41, 5.74) is 0. The number of amides is 1. The van der Waals surface area contributed by atoms with Crippen molar-refractivity contribution in [2.24, 2.45) is 5.92 Å². The van der Waals surface area contributed by atoms with E-state index in [1.54, 1.807) is 0 Å². The summed E-state index contributed by atoms with van der Waals surface area (Å²) in [6.45, 7) is 2.67. The normalized spacial score (nSPS) is 32.2. The van der Waals surface area contributed by atoms with Gasteiger partial charge in [-0.05, 0) is 37.8 Å². The van der Waals surface area contributed by atoms with Crippen molar-refractivity contribution < 1.29 is 24.5 Å². The molecule has 3 fully saturated rings. The van der Waals surface area contributed by atoms with Gasteiger partial charge in [-0.3, -0.25) is 9.69 Å². The van der Waals surface area contributed by atoms with Gasteiger partial charge in [-0.2, -0.15) is 0 Å². The molecular formula is C22H32N2O5. The van der Waals surface area contributed by atoms with Crippen LogP contribution in [0.1, 0.15) is 32.1 Å². The first-order chi connectivity index (χ1) is 14.1. The number of aliphatic hydroxyl groups excluding tert-OH is 2. The Kier molecular flexibility index (Phi) is 6.70. The molecular weight excluding hydrogens is 372 g/mol. The Morgan fingerprint density at radius 2 is 1.76 bits per heavy atom. The van der Waals surface area contributed by atoms with E-state index in [0.29, 0.717) is 45.6 Å². The number of likely N-dealkylation sites (tertiary alicyclic amines) is 1. The molecule has 29 heavy (non-hydrogen) atoms. The van der Waals surface area contributed by atoms with E-state index in [4.69, 9.17) is 9.47 Å². The van der Waals surface area contributed by atoms with E-state index in [-0.39, 0.29) is 36.1 Å². The number of aliphatic hydroxyl groups is 2. The number of benzene rings is 1. The number of nitrogens with one attached hydrogen (secondary N) is 1. The predicted octanol–water partition coefficient (Wildman–Crippen LogP) is 0.935. The van der Waals surface area contributed by atoms with Gasteiger partial charge in [0.25, 0.3) is 0 Å². The number of piperidine rings is 1. The lowest BCUT2D eigenvalue weighted by Gasteiger charge is -2.39. The Hall–Kier alpha value is -1.67. The van der Waals surface area contributed by atoms with Gasteiger partial charge in [0.05, 0.1) is 18.2 Å². The van der Waals surface area contributed by atoms with Crippen molar-refractivity contribution in [1.82, 2.24) is 10.2 Å². The summed E-state index contributed by atoms with van der Waals surface area (Å²) in [5, 5.41) is 24.2. The Balaban J connectivity index is 1.47. The molecule has 1 aromatic carbocycles. The summed E-state index contributed by atoms with van der Waals surface area (Å²) >= 11 is 0. The second-order valence-corrected chi connectivity index (χ2v) is 8.46. The number of rotatable bonds is 5. The molecule has 7 nitrogen and oxygen atoms in total. The maximum absolute atomic E-state index is 12.9. The zero-order chi connectivity index (χ0) is 20.2. The molecule has 3 N–H and O–H groups in total. The van der Waals surface area contributed by atoms with Crippen LogP contribution >= 0.6 is 0 Å². The van der Waals surface area contributed by atoms with Gasteiger partial charge < -0.3 is 25.0 Å². The van der Waals surface area contributed by atoms with Crippen LogP contribution in [0.5, 0.6) is 5.75 Å². The SMILES string of the molecule is O=C(N[C@@H]1C[C@@H](Oc2ccccc2)[C@H](O)[C@H]1N1CCC(O)CC1)C1CCOCC1. The molecule has 1 aliphatic carbocycles. The average molecular weight is 405 g/mol. The van der Waals surface area contributed by atoms with Crippen molar-refractivity contribution in [2.75, 3.05) is 26.3 Å². The van der Waals surface area contributed by atoms with Crippen LogP contribution in [0.2, 0.25) is 0 Å². The molecule has 160 valence electrons. The fourth-order valence-corrected chi connectivity index (χ4v) is 4.84. The molecule has 0 aromatic heterocycles. The quantitative estimate of drug-likeness (QED) is 0.677. The average Bonchev–Trinajstić information content (AvgIpc) is 3.05. The molecule has 0 spiro atoms. The molecule has 4 rings (SSSR count). The van der Waals surface area contributed by atoms with Gasteiger partial charge in [0.2, 0.25) is 5.91 Å². The van der Waals surface area contributed by atoms with E-state index in [9.17, 15) is 15.0 Å². The number of carbonyl (C=O) groups is 1. The van der Waals surface area contributed by atoms with E-state index < -0.39 is 6.10 Å². The highest BCUT2D eigenvalue weighted by atomic mass is 16.5. The fraction of sp³-hybridized carbons (Fsp3) is 0.682. The molecule has 0 bridgehead atoms. The third-order valence-electron chi connectivity index (χ3n) is 6.50. The van der Waals surface area contributed by atoms with Crippen LogP contribution in [-0.2, 0) is 9.53 Å². The molecule has 7 heteroatoms. The molecule has 3 aliphatic rings. The molecule has 2 saturated heterocycles. The maximum atomic E-state index is 12.9. The number of hydrogen-bond acceptors (Lipinski definition) is 6. The number of para-hydroxylation sites is 1. The maximum Gasteiger partial charge on any atom is 0.223 e. The highest BCUT2D eigenvalue weighted by Gasteiger charge is 2.48. The lowest BCUT2D eigenvalue weighted by atomic mass is 9.97. The van der Waals surface area contributed by atoms with Gasteiger partial charge in [0, 0.05) is 38.6 Å². The van der Waals surface area contributed by atoms with Crippen LogP contribution in [0.25, 0.3) is 0 Å². The first-order valence-corrected chi connectivity index (χ1v) is 10.8. The molecule has 0 unspecified atom stereocenters. The minimum atomic E-state index is -0.703. The molecule has 1 saturated carbocycles. The van der Waals surface area contributed by atoms with Crippen molar-refractivity contribution in [3.05, 3.63) is 30.3 Å². The van der Waals surface area contributed by atoms with Crippen molar-refractivity contribution in [3.8, 4) is 5.75 Å². The highest BCUT2D eigenvalue weighted by Crippen LogP contribution is 2.31. The molecule has 1 aromatic rings. The Morgan fingerprint density at radius 1 is 1.07 bits per heavy atom. The second-order valence-electron chi connectivity index (χ2n) is 8.46. The van der Waals surface area contributed by atoms with Gasteiger partial charge >= 0.3 is 0 Å². The fourth-order valence-electron chi connectivity index (χ4n) is 4.84. The van der Waals surface area contributed by atoms with Crippen LogP contribution in [0.3, 0.4) is 0 Å². The van der Waals surface area contributed by atoms with Crippen LogP contribution < -0.4 is 10.1 Å². The second kappa shape index (κ2) is 9.43. The van der Waals surface area contributed by atoms with Crippen molar-refractivity contribution in [2.45, 2.75) is 62.5 Å². The number of nitrogens with zero attached hydrogens (tertiary/aromatic N) is 1. The number of ether oxygens (including phenoxy) is 2.